The molecule has 11 heavy (non-hydrogen) atoms. The minimum atomic E-state index is -0.264. The highest BCUT2D eigenvalue weighted by Gasteiger charge is 1.96. The van der Waals surface area contributed by atoms with E-state index in [1.807, 2.05) is 6.92 Å². The molecule has 0 fully saturated rings. The summed E-state index contributed by atoms with van der Waals surface area (Å²) in [5.41, 5.74) is -0.528. The van der Waals surface area contributed by atoms with Crippen LogP contribution < -0.4 is 11.2 Å². The number of aryl methyl sites for hydroxylation is 1. The van der Waals surface area contributed by atoms with Crippen molar-refractivity contribution in [3.8, 4) is 0 Å². The van der Waals surface area contributed by atoms with Crippen LogP contribution in [0.2, 0.25) is 0 Å². The lowest BCUT2D eigenvalue weighted by Crippen LogP contribution is -2.36. The van der Waals surface area contributed by atoms with Crippen LogP contribution in [0.4, 0.5) is 0 Å². The van der Waals surface area contributed by atoms with E-state index < -0.39 is 0 Å². The Hall–Kier alpha value is -1.32. The largest absolute Gasteiger partial charge is 0.330 e. The van der Waals surface area contributed by atoms with E-state index >= 15 is 0 Å². The molecule has 4 heteroatoms. The highest BCUT2D eigenvalue weighted by atomic mass is 16.2. The molecule has 0 unspecified atom stereocenters. The first-order chi connectivity index (χ1) is 5.16. The van der Waals surface area contributed by atoms with E-state index in [9.17, 15) is 9.59 Å². The molecule has 60 valence electrons. The number of nitrogens with zero attached hydrogens (tertiary/aromatic N) is 2. The molecule has 1 rings (SSSR count). The molecule has 0 atom stereocenters. The molecule has 0 bridgehead atoms. The van der Waals surface area contributed by atoms with E-state index in [4.69, 9.17) is 0 Å². The molecule has 1 heterocycles. The normalized spacial score (nSPS) is 10.0. The molecule has 0 saturated heterocycles. The molecule has 0 amide bonds. The number of hydrogen-bond acceptors (Lipinski definition) is 2. The quantitative estimate of drug-likeness (QED) is 0.550. The number of hydrogen-bond donors (Lipinski definition) is 0. The van der Waals surface area contributed by atoms with Crippen molar-refractivity contribution in [3.05, 3.63) is 33.1 Å². The van der Waals surface area contributed by atoms with E-state index in [2.05, 4.69) is 0 Å². The van der Waals surface area contributed by atoms with E-state index in [1.165, 1.54) is 23.9 Å². The first kappa shape index (κ1) is 7.78. The zero-order valence-corrected chi connectivity index (χ0v) is 6.57. The van der Waals surface area contributed by atoms with Crippen LogP contribution in [0, 0.1) is 0 Å². The lowest BCUT2D eigenvalue weighted by atomic mass is 10.6. The topological polar surface area (TPSA) is 44.0 Å². The van der Waals surface area contributed by atoms with Gasteiger partial charge in [-0.3, -0.25) is 9.36 Å². The Morgan fingerprint density at radius 2 is 2.09 bits per heavy atom. The minimum Gasteiger partial charge on any atom is -0.301 e. The van der Waals surface area contributed by atoms with Gasteiger partial charge in [0.05, 0.1) is 0 Å². The van der Waals surface area contributed by atoms with Crippen molar-refractivity contribution in [1.82, 2.24) is 9.13 Å². The van der Waals surface area contributed by atoms with Crippen LogP contribution in [0.5, 0.6) is 0 Å². The average Bonchev–Trinajstić information content (AvgIpc) is 2.01. The minimum absolute atomic E-state index is 0.264. The van der Waals surface area contributed by atoms with Crippen molar-refractivity contribution >= 4 is 0 Å². The Bertz CT molecular complexity index is 361. The van der Waals surface area contributed by atoms with Crippen LogP contribution in [-0.2, 0) is 13.6 Å². The number of rotatable bonds is 1. The van der Waals surface area contributed by atoms with Gasteiger partial charge in [-0.05, 0) is 6.92 Å². The summed E-state index contributed by atoms with van der Waals surface area (Å²) >= 11 is 0. The van der Waals surface area contributed by atoms with Gasteiger partial charge >= 0.3 is 5.69 Å². The van der Waals surface area contributed by atoms with Crippen LogP contribution in [-0.4, -0.2) is 9.13 Å². The van der Waals surface area contributed by atoms with E-state index in [0.29, 0.717) is 6.54 Å². The maximum atomic E-state index is 11.1. The molecule has 0 saturated carbocycles. The van der Waals surface area contributed by atoms with E-state index in [0.717, 1.165) is 4.57 Å². The Labute approximate surface area is 63.7 Å². The summed E-state index contributed by atoms with van der Waals surface area (Å²) in [6.45, 7) is 2.44. The molecule has 0 aliphatic rings. The summed E-state index contributed by atoms with van der Waals surface area (Å²) in [5.74, 6) is 0. The van der Waals surface area contributed by atoms with Gasteiger partial charge in [-0.1, -0.05) is 0 Å². The molecule has 1 aromatic rings. The highest BCUT2D eigenvalue weighted by molar-refractivity contribution is 4.84. The summed E-state index contributed by atoms with van der Waals surface area (Å²) in [5, 5.41) is 0. The second-order valence-corrected chi connectivity index (χ2v) is 2.28. The first-order valence-corrected chi connectivity index (χ1v) is 3.43. The molecular weight excluding hydrogens is 144 g/mol. The van der Waals surface area contributed by atoms with Gasteiger partial charge in [0, 0.05) is 25.9 Å². The fraction of sp³-hybridized carbons (Fsp3) is 0.429. The predicted molar refractivity (Wildman–Crippen MR) is 41.6 cm³/mol. The van der Waals surface area contributed by atoms with Gasteiger partial charge in [-0.15, -0.1) is 0 Å². The third kappa shape index (κ3) is 1.24. The van der Waals surface area contributed by atoms with Gasteiger partial charge in [0.2, 0.25) is 0 Å². The van der Waals surface area contributed by atoms with Crippen LogP contribution in [0.1, 0.15) is 6.92 Å². The monoisotopic (exact) mass is 154 g/mol. The smallest absolute Gasteiger partial charge is 0.301 e. The van der Waals surface area contributed by atoms with E-state index in [-0.39, 0.29) is 11.2 Å². The Balaban J connectivity index is 3.50. The van der Waals surface area contributed by atoms with Gasteiger partial charge in [-0.2, -0.15) is 0 Å². The second-order valence-electron chi connectivity index (χ2n) is 2.28. The fourth-order valence-corrected chi connectivity index (χ4v) is 0.857. The molecule has 1 aromatic heterocycles. The van der Waals surface area contributed by atoms with Crippen molar-refractivity contribution in [2.75, 3.05) is 0 Å². The molecule has 0 N–H and O–H groups in total. The lowest BCUT2D eigenvalue weighted by molar-refractivity contribution is 0.629. The highest BCUT2D eigenvalue weighted by Crippen LogP contribution is 1.74. The van der Waals surface area contributed by atoms with Gasteiger partial charge < -0.3 is 4.57 Å². The summed E-state index contributed by atoms with van der Waals surface area (Å²) in [4.78, 5) is 22.0. The SMILES string of the molecule is CCn1ccc(=O)n(C)c1=O. The second kappa shape index (κ2) is 2.74. The predicted octanol–water partition coefficient (Wildman–Crippen LogP) is -0.433. The maximum Gasteiger partial charge on any atom is 0.330 e. The molecule has 0 aromatic carbocycles. The summed E-state index contributed by atoms with van der Waals surface area (Å²) in [6, 6.07) is 1.38. The first-order valence-electron chi connectivity index (χ1n) is 3.43. The van der Waals surface area contributed by atoms with Crippen molar-refractivity contribution in [3.63, 3.8) is 0 Å². The summed E-state index contributed by atoms with van der Waals surface area (Å²) in [6.07, 6.45) is 1.50. The van der Waals surface area contributed by atoms with Crippen molar-refractivity contribution in [2.45, 2.75) is 13.5 Å². The molecule has 0 aliphatic heterocycles. The average molecular weight is 154 g/mol. The maximum absolute atomic E-state index is 11.1. The Morgan fingerprint density at radius 3 is 2.64 bits per heavy atom. The molecular formula is C7H10N2O2. The molecule has 0 radical (unpaired) electrons. The Kier molecular flexibility index (Phi) is 1.94. The number of aromatic nitrogens is 2. The van der Waals surface area contributed by atoms with Crippen molar-refractivity contribution in [2.24, 2.45) is 7.05 Å². The van der Waals surface area contributed by atoms with Crippen LogP contribution in [0.25, 0.3) is 0 Å². The Morgan fingerprint density at radius 1 is 1.45 bits per heavy atom. The van der Waals surface area contributed by atoms with Gasteiger partial charge in [-0.25, -0.2) is 4.79 Å². The molecule has 0 aliphatic carbocycles. The van der Waals surface area contributed by atoms with Gasteiger partial charge in [0.15, 0.2) is 0 Å². The molecule has 0 spiro atoms. The van der Waals surface area contributed by atoms with Crippen molar-refractivity contribution < 1.29 is 0 Å². The summed E-state index contributed by atoms with van der Waals surface area (Å²) in [7, 11) is 1.47. The zero-order chi connectivity index (χ0) is 8.43. The van der Waals surface area contributed by atoms with Crippen LogP contribution in [0.15, 0.2) is 21.9 Å². The summed E-state index contributed by atoms with van der Waals surface area (Å²) < 4.78 is 2.56. The fourth-order valence-electron chi connectivity index (χ4n) is 0.857. The van der Waals surface area contributed by atoms with Crippen LogP contribution >= 0.6 is 0 Å². The lowest BCUT2D eigenvalue weighted by Gasteiger charge is -2.01. The standard InChI is InChI=1S/C7H10N2O2/c1-3-9-5-4-6(10)8(2)7(9)11/h4-5H,3H2,1-2H3. The zero-order valence-electron chi connectivity index (χ0n) is 6.57. The van der Waals surface area contributed by atoms with Crippen molar-refractivity contribution in [1.29, 1.82) is 0 Å². The van der Waals surface area contributed by atoms with Gasteiger partial charge in [0.25, 0.3) is 5.56 Å². The van der Waals surface area contributed by atoms with E-state index in [1.54, 1.807) is 0 Å². The van der Waals surface area contributed by atoms with Gasteiger partial charge in [0.1, 0.15) is 0 Å². The third-order valence-electron chi connectivity index (χ3n) is 1.60. The third-order valence-corrected chi connectivity index (χ3v) is 1.60. The molecule has 4 nitrogen and oxygen atoms in total. The van der Waals surface area contributed by atoms with Crippen LogP contribution in [0.3, 0.4) is 0 Å².